The van der Waals surface area contributed by atoms with Crippen molar-refractivity contribution in [3.05, 3.63) is 68.0 Å². The van der Waals surface area contributed by atoms with Crippen molar-refractivity contribution in [3.8, 4) is 10.6 Å². The summed E-state index contributed by atoms with van der Waals surface area (Å²) in [6.07, 6.45) is 0.727. The number of benzene rings is 1. The van der Waals surface area contributed by atoms with E-state index >= 15 is 0 Å². The fourth-order valence-electron chi connectivity index (χ4n) is 2.52. The summed E-state index contributed by atoms with van der Waals surface area (Å²) in [4.78, 5) is 33.7. The Hall–Kier alpha value is -2.91. The summed E-state index contributed by atoms with van der Waals surface area (Å²) >= 11 is 2.73. The average molecular weight is 412 g/mol. The minimum atomic E-state index is -0.546. The van der Waals surface area contributed by atoms with Crippen LogP contribution < -0.4 is 5.56 Å². The number of aryl methyl sites for hydroxylation is 2. The van der Waals surface area contributed by atoms with Crippen molar-refractivity contribution >= 4 is 33.6 Å². The van der Waals surface area contributed by atoms with Gasteiger partial charge >= 0.3 is 5.97 Å². The summed E-state index contributed by atoms with van der Waals surface area (Å²) < 4.78 is 6.57. The number of carbonyl (C=O) groups excluding carboxylic acids is 1. The van der Waals surface area contributed by atoms with E-state index in [1.54, 1.807) is 5.38 Å². The Labute approximate surface area is 168 Å². The third kappa shape index (κ3) is 3.71. The quantitative estimate of drug-likeness (QED) is 0.466. The monoisotopic (exact) mass is 412 g/mol. The maximum atomic E-state index is 12.3. The average Bonchev–Trinajstić information content (AvgIpc) is 3.34. The highest BCUT2D eigenvalue weighted by molar-refractivity contribution is 7.16. The molecule has 0 saturated heterocycles. The van der Waals surface area contributed by atoms with Crippen LogP contribution in [0, 0.1) is 6.92 Å². The van der Waals surface area contributed by atoms with Gasteiger partial charge in [0.15, 0.2) is 5.69 Å². The second-order valence-electron chi connectivity index (χ2n) is 6.11. The van der Waals surface area contributed by atoms with Gasteiger partial charge in [-0.25, -0.2) is 14.8 Å². The van der Waals surface area contributed by atoms with Crippen molar-refractivity contribution < 1.29 is 9.53 Å². The van der Waals surface area contributed by atoms with Gasteiger partial charge in [0.05, 0.1) is 5.69 Å². The highest BCUT2D eigenvalue weighted by Crippen LogP contribution is 2.24. The van der Waals surface area contributed by atoms with E-state index in [9.17, 15) is 9.59 Å². The molecule has 0 aliphatic rings. The van der Waals surface area contributed by atoms with Crippen LogP contribution >= 0.6 is 22.7 Å². The Morgan fingerprint density at radius 3 is 2.75 bits per heavy atom. The zero-order valence-corrected chi connectivity index (χ0v) is 16.8. The van der Waals surface area contributed by atoms with E-state index in [4.69, 9.17) is 4.74 Å². The first-order chi connectivity index (χ1) is 13.5. The second kappa shape index (κ2) is 7.61. The van der Waals surface area contributed by atoms with E-state index in [0.29, 0.717) is 10.7 Å². The van der Waals surface area contributed by atoms with E-state index in [-0.39, 0.29) is 17.9 Å². The van der Waals surface area contributed by atoms with E-state index < -0.39 is 5.97 Å². The molecule has 0 aliphatic heterocycles. The number of hydrogen-bond acceptors (Lipinski definition) is 8. The minimum Gasteiger partial charge on any atom is -0.454 e. The van der Waals surface area contributed by atoms with Crippen LogP contribution in [0.3, 0.4) is 0 Å². The first kappa shape index (κ1) is 18.5. The second-order valence-corrected chi connectivity index (χ2v) is 8.01. The number of ether oxygens (including phenoxy) is 1. The van der Waals surface area contributed by atoms with Crippen molar-refractivity contribution in [2.45, 2.75) is 26.9 Å². The van der Waals surface area contributed by atoms with Gasteiger partial charge in [0.25, 0.3) is 5.56 Å². The summed E-state index contributed by atoms with van der Waals surface area (Å²) in [7, 11) is 0. The molecule has 1 aromatic carbocycles. The van der Waals surface area contributed by atoms with E-state index in [0.717, 1.165) is 27.6 Å². The van der Waals surface area contributed by atoms with Gasteiger partial charge in [0.2, 0.25) is 4.96 Å². The van der Waals surface area contributed by atoms with Crippen molar-refractivity contribution in [1.29, 1.82) is 0 Å². The number of esters is 1. The molecule has 0 aliphatic carbocycles. The molecule has 0 N–H and O–H groups in total. The molecular weight excluding hydrogens is 396 g/mol. The maximum Gasteiger partial charge on any atom is 0.358 e. The molecule has 4 rings (SSSR count). The van der Waals surface area contributed by atoms with Crippen LogP contribution in [0.2, 0.25) is 0 Å². The van der Waals surface area contributed by atoms with Gasteiger partial charge in [-0.2, -0.15) is 9.61 Å². The first-order valence-electron chi connectivity index (χ1n) is 8.62. The summed E-state index contributed by atoms with van der Waals surface area (Å²) in [6, 6.07) is 9.26. The fraction of sp³-hybridized carbons (Fsp3) is 0.211. The summed E-state index contributed by atoms with van der Waals surface area (Å²) in [5.41, 5.74) is 2.45. The van der Waals surface area contributed by atoms with Gasteiger partial charge in [-0.05, 0) is 13.3 Å². The number of hydrogen-bond donors (Lipinski definition) is 0. The molecule has 0 saturated carbocycles. The van der Waals surface area contributed by atoms with E-state index in [1.807, 2.05) is 38.1 Å². The smallest absolute Gasteiger partial charge is 0.358 e. The topological polar surface area (TPSA) is 86.5 Å². The Kier molecular flexibility index (Phi) is 5.01. The lowest BCUT2D eigenvalue weighted by molar-refractivity contribution is 0.0462. The predicted molar refractivity (Wildman–Crippen MR) is 108 cm³/mol. The SMILES string of the molecule is CCc1nn2c(=O)cc(COC(=O)c3csc(-c4ccc(C)cc4)n3)nc2s1. The fourth-order valence-corrected chi connectivity index (χ4v) is 4.18. The van der Waals surface area contributed by atoms with Crippen molar-refractivity contribution in [1.82, 2.24) is 19.6 Å². The zero-order valence-electron chi connectivity index (χ0n) is 15.2. The highest BCUT2D eigenvalue weighted by Gasteiger charge is 2.15. The molecule has 9 heteroatoms. The van der Waals surface area contributed by atoms with Crippen LogP contribution in [0.1, 0.15) is 33.7 Å². The zero-order chi connectivity index (χ0) is 19.7. The lowest BCUT2D eigenvalue weighted by Crippen LogP contribution is -2.16. The Morgan fingerprint density at radius 1 is 1.21 bits per heavy atom. The van der Waals surface area contributed by atoms with Gasteiger partial charge in [0, 0.05) is 17.0 Å². The molecule has 142 valence electrons. The molecule has 7 nitrogen and oxygen atoms in total. The molecule has 28 heavy (non-hydrogen) atoms. The molecule has 0 fully saturated rings. The van der Waals surface area contributed by atoms with Crippen LogP contribution in [0.25, 0.3) is 15.5 Å². The normalized spacial score (nSPS) is 11.1. The molecule has 0 atom stereocenters. The number of aromatic nitrogens is 4. The van der Waals surface area contributed by atoms with Crippen LogP contribution in [0.15, 0.2) is 40.5 Å². The molecule has 4 aromatic rings. The molecule has 3 aromatic heterocycles. The number of rotatable bonds is 5. The summed E-state index contributed by atoms with van der Waals surface area (Å²) in [5.74, 6) is -0.546. The van der Waals surface area contributed by atoms with Gasteiger partial charge in [-0.1, -0.05) is 48.1 Å². The van der Waals surface area contributed by atoms with E-state index in [2.05, 4.69) is 15.1 Å². The lowest BCUT2D eigenvalue weighted by atomic mass is 10.2. The summed E-state index contributed by atoms with van der Waals surface area (Å²) in [6.45, 7) is 3.88. The standard InChI is InChI=1S/C19H16N4O3S2/c1-3-15-22-23-16(24)8-13(20-19(23)28-15)9-26-18(25)14-10-27-17(21-14)12-6-4-11(2)5-7-12/h4-8,10H,3,9H2,1-2H3. The van der Waals surface area contributed by atoms with Gasteiger partial charge in [-0.3, -0.25) is 4.79 Å². The maximum absolute atomic E-state index is 12.3. The van der Waals surface area contributed by atoms with Crippen molar-refractivity contribution in [3.63, 3.8) is 0 Å². The van der Waals surface area contributed by atoms with Crippen LogP contribution in [0.5, 0.6) is 0 Å². The Balaban J connectivity index is 1.48. The van der Waals surface area contributed by atoms with Gasteiger partial charge in [0.1, 0.15) is 16.6 Å². The molecular formula is C19H16N4O3S2. The predicted octanol–water partition coefficient (Wildman–Crippen LogP) is 3.50. The van der Waals surface area contributed by atoms with Gasteiger partial charge in [-0.15, -0.1) is 11.3 Å². The minimum absolute atomic E-state index is 0.0959. The van der Waals surface area contributed by atoms with Crippen molar-refractivity contribution in [2.75, 3.05) is 0 Å². The lowest BCUT2D eigenvalue weighted by Gasteiger charge is -2.02. The molecule has 0 radical (unpaired) electrons. The molecule has 3 heterocycles. The third-order valence-corrected chi connectivity index (χ3v) is 5.95. The molecule has 0 amide bonds. The van der Waals surface area contributed by atoms with Crippen molar-refractivity contribution in [2.24, 2.45) is 0 Å². The Bertz CT molecular complexity index is 1210. The molecule has 0 spiro atoms. The van der Waals surface area contributed by atoms with Crippen LogP contribution in [-0.2, 0) is 17.8 Å². The molecule has 0 unspecified atom stereocenters. The first-order valence-corrected chi connectivity index (χ1v) is 10.3. The largest absolute Gasteiger partial charge is 0.454 e. The molecule has 0 bridgehead atoms. The van der Waals surface area contributed by atoms with Gasteiger partial charge < -0.3 is 4.74 Å². The number of thiazole rings is 1. The summed E-state index contributed by atoms with van der Waals surface area (Å²) in [5, 5.41) is 7.44. The number of fused-ring (bicyclic) bond motifs is 1. The Morgan fingerprint density at radius 2 is 2.00 bits per heavy atom. The highest BCUT2D eigenvalue weighted by atomic mass is 32.1. The number of nitrogens with zero attached hydrogens (tertiary/aromatic N) is 4. The number of carbonyl (C=O) groups is 1. The van der Waals surface area contributed by atoms with Crippen LogP contribution in [0.4, 0.5) is 0 Å². The van der Waals surface area contributed by atoms with Crippen LogP contribution in [-0.4, -0.2) is 25.6 Å². The van der Waals surface area contributed by atoms with E-state index in [1.165, 1.54) is 33.3 Å². The third-order valence-electron chi connectivity index (χ3n) is 4.01.